The lowest BCUT2D eigenvalue weighted by Crippen LogP contribution is -2.01. The Morgan fingerprint density at radius 3 is 2.58 bits per heavy atom. The van der Waals surface area contributed by atoms with Crippen LogP contribution in [0.15, 0.2) is 64.3 Å². The van der Waals surface area contributed by atoms with Crippen molar-refractivity contribution in [2.45, 2.75) is 13.5 Å². The minimum atomic E-state index is -0.522. The Labute approximate surface area is 186 Å². The van der Waals surface area contributed by atoms with Gasteiger partial charge in [0.2, 0.25) is 0 Å². The summed E-state index contributed by atoms with van der Waals surface area (Å²) in [5, 5.41) is 14.8. The van der Waals surface area contributed by atoms with Crippen LogP contribution in [0.25, 0.3) is 0 Å². The van der Waals surface area contributed by atoms with Crippen LogP contribution in [-0.2, 0) is 6.61 Å². The lowest BCUT2D eigenvalue weighted by molar-refractivity contribution is -0.385. The minimum Gasteiger partial charge on any atom is -0.490 e. The van der Waals surface area contributed by atoms with Crippen LogP contribution in [0.4, 0.5) is 15.9 Å². The van der Waals surface area contributed by atoms with Gasteiger partial charge in [-0.05, 0) is 58.7 Å². The van der Waals surface area contributed by atoms with E-state index in [9.17, 15) is 14.5 Å². The largest absolute Gasteiger partial charge is 0.490 e. The Balaban J connectivity index is 1.71. The van der Waals surface area contributed by atoms with Gasteiger partial charge in [-0.2, -0.15) is 5.10 Å². The molecule has 8 nitrogen and oxygen atoms in total. The summed E-state index contributed by atoms with van der Waals surface area (Å²) in [4.78, 5) is 14.1. The molecule has 1 heterocycles. The summed E-state index contributed by atoms with van der Waals surface area (Å²) in [5.41, 5.74) is 4.15. The fourth-order valence-corrected chi connectivity index (χ4v) is 2.93. The fraction of sp³-hybridized carbons (Fsp3) is 0.143. The van der Waals surface area contributed by atoms with Gasteiger partial charge in [0.1, 0.15) is 24.4 Å². The summed E-state index contributed by atoms with van der Waals surface area (Å²) in [7, 11) is 0. The van der Waals surface area contributed by atoms with Crippen LogP contribution in [0.5, 0.6) is 11.5 Å². The second kappa shape index (κ2) is 10.5. The molecule has 0 radical (unpaired) electrons. The molecule has 0 atom stereocenters. The molecule has 0 bridgehead atoms. The smallest absolute Gasteiger partial charge is 0.287 e. The van der Waals surface area contributed by atoms with E-state index in [1.807, 2.05) is 6.92 Å². The number of rotatable bonds is 9. The average Bonchev–Trinajstić information content (AvgIpc) is 2.76. The lowest BCUT2D eigenvalue weighted by atomic mass is 10.2. The quantitative estimate of drug-likeness (QED) is 0.248. The van der Waals surface area contributed by atoms with E-state index < -0.39 is 4.92 Å². The van der Waals surface area contributed by atoms with Crippen molar-refractivity contribution >= 4 is 33.6 Å². The van der Waals surface area contributed by atoms with E-state index in [0.29, 0.717) is 34.0 Å². The van der Waals surface area contributed by atoms with Crippen molar-refractivity contribution in [2.75, 3.05) is 12.0 Å². The van der Waals surface area contributed by atoms with Crippen molar-refractivity contribution in [3.63, 3.8) is 0 Å². The summed E-state index contributed by atoms with van der Waals surface area (Å²) in [5.74, 6) is 1.12. The normalized spacial score (nSPS) is 10.8. The highest BCUT2D eigenvalue weighted by molar-refractivity contribution is 9.10. The topological polar surface area (TPSA) is 98.9 Å². The molecular formula is C21H18BrFN4O4. The number of hydrogen-bond acceptors (Lipinski definition) is 7. The molecule has 0 unspecified atom stereocenters. The molecule has 1 N–H and O–H groups in total. The average molecular weight is 489 g/mol. The van der Waals surface area contributed by atoms with Crippen LogP contribution < -0.4 is 14.9 Å². The second-order valence-electron chi connectivity index (χ2n) is 6.20. The van der Waals surface area contributed by atoms with Crippen LogP contribution in [0.1, 0.15) is 18.1 Å². The summed E-state index contributed by atoms with van der Waals surface area (Å²) in [6, 6.07) is 12.4. The van der Waals surface area contributed by atoms with Crippen LogP contribution in [-0.4, -0.2) is 22.7 Å². The first-order valence-electron chi connectivity index (χ1n) is 9.19. The first-order valence-corrected chi connectivity index (χ1v) is 9.98. The van der Waals surface area contributed by atoms with Crippen LogP contribution in [0.2, 0.25) is 0 Å². The van der Waals surface area contributed by atoms with Gasteiger partial charge in [-0.1, -0.05) is 12.1 Å². The number of hydrogen-bond donors (Lipinski definition) is 1. The summed E-state index contributed by atoms with van der Waals surface area (Å²) in [6.45, 7) is 2.56. The van der Waals surface area contributed by atoms with Crippen LogP contribution >= 0.6 is 15.9 Å². The zero-order valence-electron chi connectivity index (χ0n) is 16.4. The highest BCUT2D eigenvalue weighted by Gasteiger charge is 2.11. The molecule has 3 aromatic rings. The highest BCUT2D eigenvalue weighted by atomic mass is 79.9. The maximum absolute atomic E-state index is 13.1. The number of ether oxygens (including phenoxy) is 2. The molecule has 0 saturated heterocycles. The van der Waals surface area contributed by atoms with Crippen molar-refractivity contribution in [1.82, 2.24) is 4.98 Å². The van der Waals surface area contributed by atoms with E-state index >= 15 is 0 Å². The van der Waals surface area contributed by atoms with Gasteiger partial charge >= 0.3 is 0 Å². The molecule has 0 fully saturated rings. The summed E-state index contributed by atoms with van der Waals surface area (Å²) in [6.07, 6.45) is 2.70. The van der Waals surface area contributed by atoms with E-state index in [0.717, 1.165) is 11.8 Å². The number of nitrogens with zero attached hydrogens (tertiary/aromatic N) is 3. The number of halogens is 2. The number of nitrogens with one attached hydrogen (secondary N) is 1. The molecule has 0 aliphatic carbocycles. The first kappa shape index (κ1) is 22.2. The predicted molar refractivity (Wildman–Crippen MR) is 118 cm³/mol. The van der Waals surface area contributed by atoms with E-state index in [-0.39, 0.29) is 18.1 Å². The van der Waals surface area contributed by atoms with Gasteiger partial charge in [-0.15, -0.1) is 0 Å². The van der Waals surface area contributed by atoms with Gasteiger partial charge in [0.15, 0.2) is 11.5 Å². The second-order valence-corrected chi connectivity index (χ2v) is 7.05. The van der Waals surface area contributed by atoms with Crippen molar-refractivity contribution in [3.05, 3.63) is 86.3 Å². The molecule has 0 aliphatic rings. The maximum Gasteiger partial charge on any atom is 0.287 e. The van der Waals surface area contributed by atoms with Crippen molar-refractivity contribution < 1.29 is 18.8 Å². The van der Waals surface area contributed by atoms with Crippen LogP contribution in [0.3, 0.4) is 0 Å². The third-order valence-electron chi connectivity index (χ3n) is 4.01. The third kappa shape index (κ3) is 6.22. The molecule has 2 aromatic carbocycles. The summed E-state index contributed by atoms with van der Waals surface area (Å²) >= 11 is 3.49. The molecular weight excluding hydrogens is 471 g/mol. The first-order chi connectivity index (χ1) is 15.0. The zero-order valence-corrected chi connectivity index (χ0v) is 18.0. The van der Waals surface area contributed by atoms with Gasteiger partial charge in [0.05, 0.1) is 17.7 Å². The summed E-state index contributed by atoms with van der Waals surface area (Å²) < 4.78 is 25.3. The monoisotopic (exact) mass is 488 g/mol. The van der Waals surface area contributed by atoms with Crippen molar-refractivity contribution in [1.29, 1.82) is 0 Å². The Bertz CT molecular complexity index is 1080. The van der Waals surface area contributed by atoms with Gasteiger partial charge in [0, 0.05) is 16.1 Å². The zero-order chi connectivity index (χ0) is 22.2. The fourth-order valence-electron chi connectivity index (χ4n) is 2.50. The Morgan fingerprint density at radius 1 is 1.19 bits per heavy atom. The van der Waals surface area contributed by atoms with Crippen LogP contribution in [0, 0.1) is 15.9 Å². The lowest BCUT2D eigenvalue weighted by Gasteiger charge is -2.14. The van der Waals surface area contributed by atoms with E-state index in [2.05, 4.69) is 31.4 Å². The molecule has 0 spiro atoms. The molecule has 31 heavy (non-hydrogen) atoms. The maximum atomic E-state index is 13.1. The SMILES string of the molecule is CCOc1cc(/C=N/Nc2ccc([N+](=O)[O-])cn2)c(Br)cc1OCc1ccc(F)cc1. The Morgan fingerprint density at radius 2 is 1.94 bits per heavy atom. The van der Waals surface area contributed by atoms with E-state index in [1.165, 1.54) is 24.3 Å². The predicted octanol–water partition coefficient (Wildman–Crippen LogP) is 5.32. The molecule has 160 valence electrons. The van der Waals surface area contributed by atoms with Crippen molar-refractivity contribution in [3.8, 4) is 11.5 Å². The van der Waals surface area contributed by atoms with E-state index in [4.69, 9.17) is 9.47 Å². The minimum absolute atomic E-state index is 0.102. The number of hydrazone groups is 1. The third-order valence-corrected chi connectivity index (χ3v) is 4.70. The molecule has 0 saturated carbocycles. The van der Waals surface area contributed by atoms with Gasteiger partial charge in [-0.3, -0.25) is 15.5 Å². The molecule has 10 heteroatoms. The molecule has 0 aliphatic heterocycles. The van der Waals surface area contributed by atoms with Gasteiger partial charge in [-0.25, -0.2) is 9.37 Å². The van der Waals surface area contributed by atoms with Gasteiger partial charge in [0.25, 0.3) is 5.69 Å². The van der Waals surface area contributed by atoms with Crippen molar-refractivity contribution in [2.24, 2.45) is 5.10 Å². The highest BCUT2D eigenvalue weighted by Crippen LogP contribution is 2.34. The molecule has 1 aromatic heterocycles. The Hall–Kier alpha value is -3.53. The number of aromatic nitrogens is 1. The number of benzene rings is 2. The van der Waals surface area contributed by atoms with Gasteiger partial charge < -0.3 is 9.47 Å². The molecule has 3 rings (SSSR count). The number of pyridine rings is 1. The standard InChI is InChI=1S/C21H18BrFN4O4/c1-2-30-19-9-15(11-25-26-21-8-7-17(12-24-21)27(28)29)18(22)10-20(19)31-13-14-3-5-16(23)6-4-14/h3-12H,2,13H2,1H3,(H,24,26)/b25-11+. The number of nitro groups is 1. The molecule has 0 amide bonds. The Kier molecular flexibility index (Phi) is 7.50. The van der Waals surface area contributed by atoms with E-state index in [1.54, 1.807) is 30.5 Å². The number of anilines is 1.